The molecule has 0 saturated carbocycles. The Hall–Kier alpha value is -0.400. The summed E-state index contributed by atoms with van der Waals surface area (Å²) in [6.07, 6.45) is -4.81. The van der Waals surface area contributed by atoms with Gasteiger partial charge in [-0.25, -0.2) is 4.40 Å². The maximum Gasteiger partial charge on any atom is 0.409 e. The number of rotatable bonds is 2. The Bertz CT molecular complexity index is 809. The van der Waals surface area contributed by atoms with Crippen molar-refractivity contribution in [2.45, 2.75) is 24.3 Å². The predicted octanol–water partition coefficient (Wildman–Crippen LogP) is 7.32. The summed E-state index contributed by atoms with van der Waals surface area (Å²) in [5.74, 6) is 0. The van der Waals surface area contributed by atoms with Gasteiger partial charge < -0.3 is 0 Å². The van der Waals surface area contributed by atoms with E-state index in [4.69, 9.17) is 34.8 Å². The quantitative estimate of drug-likeness (QED) is 0.359. The first-order valence-corrected chi connectivity index (χ1v) is 9.45. The number of hydrogen-bond donors (Lipinski definition) is 0. The molecule has 1 nitrogen and oxygen atoms in total. The van der Waals surface area contributed by atoms with E-state index in [-0.39, 0.29) is 27.1 Å². The lowest BCUT2D eigenvalue weighted by Crippen LogP contribution is -2.38. The number of thiophene rings is 1. The average Bonchev–Trinajstić information content (AvgIpc) is 3.10. The third kappa shape index (κ3) is 3.07. The molecule has 1 aliphatic rings. The lowest BCUT2D eigenvalue weighted by atomic mass is 9.91. The van der Waals surface area contributed by atoms with Crippen molar-refractivity contribution in [3.63, 3.8) is 0 Å². The van der Waals surface area contributed by atoms with Gasteiger partial charge in [-0.15, -0.1) is 11.3 Å². The monoisotopic (exact) mass is 429 g/mol. The fraction of sp³-hybridized carbons (Fsp3) is 0.267. The third-order valence-electron chi connectivity index (χ3n) is 3.65. The summed E-state index contributed by atoms with van der Waals surface area (Å²) in [7, 11) is 0. The maximum absolute atomic E-state index is 13.9. The average molecular weight is 431 g/mol. The molecule has 0 aliphatic carbocycles. The molecule has 2 heterocycles. The lowest BCUT2D eigenvalue weighted by molar-refractivity contribution is -0.159. The van der Waals surface area contributed by atoms with Crippen LogP contribution in [0, 0.1) is 6.92 Å². The molecular formula is C15H9Cl3F3NS2. The number of aryl methyl sites for hydroxylation is 1. The molecule has 3 rings (SSSR count). The lowest BCUT2D eigenvalue weighted by Gasteiger charge is -2.30. The van der Waals surface area contributed by atoms with Gasteiger partial charge in [0.25, 0.3) is 0 Å². The summed E-state index contributed by atoms with van der Waals surface area (Å²) in [6, 6.07) is 4.26. The second-order valence-corrected chi connectivity index (χ2v) is 8.54. The summed E-state index contributed by atoms with van der Waals surface area (Å²) in [4.78, 5) is 0.734. The summed E-state index contributed by atoms with van der Waals surface area (Å²) in [6.45, 7) is 1.89. The van der Waals surface area contributed by atoms with Crippen molar-refractivity contribution in [3.8, 4) is 0 Å². The number of nitrogens with zero attached hydrogens (tertiary/aromatic N) is 1. The second kappa shape index (κ2) is 6.40. The highest BCUT2D eigenvalue weighted by Crippen LogP contribution is 2.57. The van der Waals surface area contributed by atoms with Gasteiger partial charge in [0.2, 0.25) is 0 Å². The van der Waals surface area contributed by atoms with Crippen LogP contribution in [-0.4, -0.2) is 11.9 Å². The van der Waals surface area contributed by atoms with Crippen LogP contribution >= 0.6 is 58.1 Å². The highest BCUT2D eigenvalue weighted by molar-refractivity contribution is 7.99. The van der Waals surface area contributed by atoms with Crippen molar-refractivity contribution in [2.75, 3.05) is 0 Å². The number of benzene rings is 1. The molecule has 0 saturated heterocycles. The largest absolute Gasteiger partial charge is 0.409 e. The van der Waals surface area contributed by atoms with Crippen LogP contribution in [-0.2, 0) is 4.75 Å². The first-order chi connectivity index (χ1) is 11.1. The van der Waals surface area contributed by atoms with E-state index in [9.17, 15) is 13.2 Å². The Morgan fingerprint density at radius 3 is 2.25 bits per heavy atom. The molecule has 0 radical (unpaired) electrons. The minimum atomic E-state index is -4.53. The molecule has 2 aromatic rings. The summed E-state index contributed by atoms with van der Waals surface area (Å²) in [5, 5.41) is 1.90. The van der Waals surface area contributed by atoms with Crippen molar-refractivity contribution in [1.82, 2.24) is 0 Å². The van der Waals surface area contributed by atoms with Gasteiger partial charge in [-0.1, -0.05) is 34.8 Å². The van der Waals surface area contributed by atoms with Crippen LogP contribution < -0.4 is 0 Å². The third-order valence-corrected chi connectivity index (χ3v) is 7.18. The van der Waals surface area contributed by atoms with Gasteiger partial charge in [0, 0.05) is 11.3 Å². The summed E-state index contributed by atoms with van der Waals surface area (Å²) >= 11 is 19.6. The van der Waals surface area contributed by atoms with E-state index in [1.807, 2.05) is 18.4 Å². The Labute approximate surface area is 160 Å². The van der Waals surface area contributed by atoms with Crippen molar-refractivity contribution in [2.24, 2.45) is 4.40 Å². The summed E-state index contributed by atoms with van der Waals surface area (Å²) < 4.78 is 43.7. The Kier molecular flexibility index (Phi) is 4.90. The Balaban J connectivity index is 2.07. The van der Waals surface area contributed by atoms with Crippen LogP contribution in [0.4, 0.5) is 13.2 Å². The molecule has 0 fully saturated rings. The van der Waals surface area contributed by atoms with Gasteiger partial charge in [0.05, 0.1) is 20.8 Å². The standard InChI is InChI=1S/C15H9Cl3F3NS2/c1-7-2-12(23-6-7)11-5-14(24-22-11,15(19,20)21)8-3-9(16)13(18)10(17)4-8/h2-4,6H,5H2,1H3. The SMILES string of the molecule is Cc1csc(C2=NSC(c3cc(Cl)c(Cl)c(Cl)c3)(C(F)(F)F)C2)c1. The van der Waals surface area contributed by atoms with Crippen LogP contribution in [0.25, 0.3) is 0 Å². The van der Waals surface area contributed by atoms with E-state index < -0.39 is 10.9 Å². The van der Waals surface area contributed by atoms with Gasteiger partial charge in [0.15, 0.2) is 4.75 Å². The molecule has 9 heteroatoms. The smallest absolute Gasteiger partial charge is 0.218 e. The zero-order valence-corrected chi connectivity index (χ0v) is 15.9. The zero-order valence-electron chi connectivity index (χ0n) is 12.0. The normalized spacial score (nSPS) is 21.2. The Morgan fingerprint density at radius 2 is 1.75 bits per heavy atom. The van der Waals surface area contributed by atoms with Crippen LogP contribution in [0.5, 0.6) is 0 Å². The molecule has 1 aromatic heterocycles. The van der Waals surface area contributed by atoms with Gasteiger partial charge in [-0.05, 0) is 53.6 Å². The highest BCUT2D eigenvalue weighted by Gasteiger charge is 2.60. The molecule has 1 aliphatic heterocycles. The Morgan fingerprint density at radius 1 is 1.12 bits per heavy atom. The van der Waals surface area contributed by atoms with Crippen molar-refractivity contribution < 1.29 is 13.2 Å². The molecule has 0 amide bonds. The first kappa shape index (κ1) is 18.4. The zero-order chi connectivity index (χ0) is 17.7. The minimum absolute atomic E-state index is 0.0104. The molecule has 0 N–H and O–H groups in total. The molecule has 1 aromatic carbocycles. The van der Waals surface area contributed by atoms with Crippen LogP contribution in [0.1, 0.15) is 22.4 Å². The van der Waals surface area contributed by atoms with E-state index in [0.29, 0.717) is 17.7 Å². The fourth-order valence-electron chi connectivity index (χ4n) is 2.41. The molecule has 0 bridgehead atoms. The molecule has 128 valence electrons. The first-order valence-electron chi connectivity index (χ1n) is 6.66. The molecular weight excluding hydrogens is 422 g/mol. The van der Waals surface area contributed by atoms with Crippen molar-refractivity contribution in [3.05, 3.63) is 54.7 Å². The van der Waals surface area contributed by atoms with E-state index in [2.05, 4.69) is 4.40 Å². The van der Waals surface area contributed by atoms with Crippen LogP contribution in [0.3, 0.4) is 0 Å². The van der Waals surface area contributed by atoms with Crippen LogP contribution in [0.15, 0.2) is 28.0 Å². The minimum Gasteiger partial charge on any atom is -0.218 e. The van der Waals surface area contributed by atoms with E-state index in [1.165, 1.54) is 23.5 Å². The number of hydrogen-bond acceptors (Lipinski definition) is 3. The van der Waals surface area contributed by atoms with Gasteiger partial charge in [-0.2, -0.15) is 13.2 Å². The number of halogens is 6. The van der Waals surface area contributed by atoms with Gasteiger partial charge in [-0.3, -0.25) is 0 Å². The topological polar surface area (TPSA) is 12.4 Å². The molecule has 0 spiro atoms. The molecule has 1 unspecified atom stereocenters. The van der Waals surface area contributed by atoms with Crippen LogP contribution in [0.2, 0.25) is 15.1 Å². The highest BCUT2D eigenvalue weighted by atomic mass is 35.5. The summed E-state index contributed by atoms with van der Waals surface area (Å²) in [5.41, 5.74) is 1.36. The van der Waals surface area contributed by atoms with Gasteiger partial charge >= 0.3 is 6.18 Å². The fourth-order valence-corrected chi connectivity index (χ4v) is 4.91. The van der Waals surface area contributed by atoms with E-state index >= 15 is 0 Å². The molecule has 24 heavy (non-hydrogen) atoms. The van der Waals surface area contributed by atoms with E-state index in [1.54, 1.807) is 0 Å². The van der Waals surface area contributed by atoms with Gasteiger partial charge in [0.1, 0.15) is 0 Å². The number of alkyl halides is 3. The predicted molar refractivity (Wildman–Crippen MR) is 97.0 cm³/mol. The van der Waals surface area contributed by atoms with Crippen molar-refractivity contribution in [1.29, 1.82) is 0 Å². The van der Waals surface area contributed by atoms with Crippen molar-refractivity contribution >= 4 is 63.8 Å². The van der Waals surface area contributed by atoms with E-state index in [0.717, 1.165) is 10.4 Å². The molecule has 1 atom stereocenters. The maximum atomic E-state index is 13.9. The second-order valence-electron chi connectivity index (χ2n) is 5.37.